The molecule has 13 nitrogen and oxygen atoms in total. The highest BCUT2D eigenvalue weighted by molar-refractivity contribution is 6.02. The number of amides is 3. The van der Waals surface area contributed by atoms with Crippen LogP contribution < -0.4 is 20.7 Å². The van der Waals surface area contributed by atoms with Crippen molar-refractivity contribution in [2.24, 2.45) is 23.2 Å². The van der Waals surface area contributed by atoms with Crippen LogP contribution in [0.3, 0.4) is 0 Å². The van der Waals surface area contributed by atoms with Gasteiger partial charge in [-0.2, -0.15) is 4.89 Å². The van der Waals surface area contributed by atoms with Gasteiger partial charge in [0.1, 0.15) is 17.5 Å². The molecule has 236 valence electrons. The molecule has 13 heteroatoms. The average molecular weight is 603 g/mol. The van der Waals surface area contributed by atoms with Crippen LogP contribution in [0.15, 0.2) is 24.3 Å². The summed E-state index contributed by atoms with van der Waals surface area (Å²) >= 11 is 0. The third kappa shape index (κ3) is 8.46. The number of nitrogens with one attached hydrogen (secondary N) is 4. The Hall–Kier alpha value is -4.13. The van der Waals surface area contributed by atoms with E-state index in [-0.39, 0.29) is 23.9 Å². The fourth-order valence-electron chi connectivity index (χ4n) is 5.54. The van der Waals surface area contributed by atoms with E-state index >= 15 is 0 Å². The van der Waals surface area contributed by atoms with E-state index < -0.39 is 59.7 Å². The van der Waals surface area contributed by atoms with E-state index in [9.17, 15) is 24.0 Å². The molecule has 1 aliphatic heterocycles. The molecule has 4 N–H and O–H groups in total. The standard InChI is InChI=1S/C30H42N4O9/c1-16(2)13-20(33-27(37)21-14-18-19(32-21)9-8-10-23(18)40-6)28(38)34-25(22(35)15-42-43-29(39)41-7)24(30(3,4)5)17-11-12-31-26(17)36/h8-10,14,16-17,20,24-25,32H,11-13,15H2,1-7H3,(H,31,36)(H,33,37)(H,34,38)/t17-,20-,24?,25+/m0/s1. The molecule has 43 heavy (non-hydrogen) atoms. The Balaban J connectivity index is 1.90. The monoisotopic (exact) mass is 602 g/mol. The number of benzene rings is 1. The molecule has 0 bridgehead atoms. The van der Waals surface area contributed by atoms with Gasteiger partial charge in [-0.1, -0.05) is 40.7 Å². The number of H-pyrrole nitrogens is 1. The normalized spacial score (nSPS) is 17.1. The Kier molecular flexibility index (Phi) is 11.1. The first-order valence-electron chi connectivity index (χ1n) is 14.2. The maximum atomic E-state index is 13.8. The molecule has 3 rings (SSSR count). The summed E-state index contributed by atoms with van der Waals surface area (Å²) in [5.74, 6) is -2.58. The van der Waals surface area contributed by atoms with E-state index in [1.54, 1.807) is 24.3 Å². The molecule has 1 aromatic heterocycles. The van der Waals surface area contributed by atoms with Crippen molar-refractivity contribution in [3.05, 3.63) is 30.0 Å². The van der Waals surface area contributed by atoms with Gasteiger partial charge in [-0.05, 0) is 42.4 Å². The molecule has 0 aliphatic carbocycles. The number of ketones is 1. The van der Waals surface area contributed by atoms with Crippen molar-refractivity contribution in [2.45, 2.75) is 59.5 Å². The molecular weight excluding hydrogens is 560 g/mol. The minimum absolute atomic E-state index is 0.00354. The molecule has 0 radical (unpaired) electrons. The Bertz CT molecular complexity index is 1330. The zero-order chi connectivity index (χ0) is 31.9. The van der Waals surface area contributed by atoms with E-state index in [0.717, 1.165) is 7.11 Å². The quantitative estimate of drug-likeness (QED) is 0.153. The van der Waals surface area contributed by atoms with E-state index in [4.69, 9.17) is 9.62 Å². The third-order valence-electron chi connectivity index (χ3n) is 7.44. The molecule has 0 saturated carbocycles. The number of methoxy groups -OCH3 is 2. The summed E-state index contributed by atoms with van der Waals surface area (Å²) in [4.78, 5) is 77.1. The molecular formula is C30H42N4O9. The highest BCUT2D eigenvalue weighted by Crippen LogP contribution is 2.38. The van der Waals surface area contributed by atoms with Crippen molar-refractivity contribution in [1.29, 1.82) is 0 Å². The first-order chi connectivity index (χ1) is 20.3. The van der Waals surface area contributed by atoms with E-state index in [2.05, 4.69) is 30.6 Å². The van der Waals surface area contributed by atoms with Crippen LogP contribution in [0.4, 0.5) is 4.79 Å². The lowest BCUT2D eigenvalue weighted by Gasteiger charge is -2.40. The molecule has 4 atom stereocenters. The Morgan fingerprint density at radius 2 is 1.81 bits per heavy atom. The fourth-order valence-corrected chi connectivity index (χ4v) is 5.54. The second-order valence-electron chi connectivity index (χ2n) is 12.1. The average Bonchev–Trinajstić information content (AvgIpc) is 3.57. The maximum absolute atomic E-state index is 13.8. The van der Waals surface area contributed by atoms with Crippen molar-refractivity contribution < 1.29 is 43.2 Å². The summed E-state index contributed by atoms with van der Waals surface area (Å²) < 4.78 is 9.74. The number of hydrogen-bond donors (Lipinski definition) is 4. The lowest BCUT2D eigenvalue weighted by atomic mass is 9.67. The van der Waals surface area contributed by atoms with Gasteiger partial charge in [0, 0.05) is 29.3 Å². The van der Waals surface area contributed by atoms with Gasteiger partial charge in [-0.15, -0.1) is 0 Å². The minimum atomic E-state index is -1.20. The highest BCUT2D eigenvalue weighted by atomic mass is 17.2. The Morgan fingerprint density at radius 1 is 1.09 bits per heavy atom. The van der Waals surface area contributed by atoms with Crippen molar-refractivity contribution in [2.75, 3.05) is 27.4 Å². The summed E-state index contributed by atoms with van der Waals surface area (Å²) in [5.41, 5.74) is 0.304. The van der Waals surface area contributed by atoms with Crippen molar-refractivity contribution in [1.82, 2.24) is 20.9 Å². The highest BCUT2D eigenvalue weighted by Gasteiger charge is 2.47. The summed E-state index contributed by atoms with van der Waals surface area (Å²) in [6, 6.07) is 4.81. The van der Waals surface area contributed by atoms with Gasteiger partial charge >= 0.3 is 6.16 Å². The van der Waals surface area contributed by atoms with Gasteiger partial charge in [0.2, 0.25) is 11.8 Å². The number of aromatic nitrogens is 1. The zero-order valence-corrected chi connectivity index (χ0v) is 25.7. The van der Waals surface area contributed by atoms with E-state index in [1.165, 1.54) is 7.11 Å². The fraction of sp³-hybridized carbons (Fsp3) is 0.567. The number of carbonyl (C=O) groups is 5. The number of hydrogen-bond acceptors (Lipinski definition) is 9. The number of ether oxygens (including phenoxy) is 2. The molecule has 1 unspecified atom stereocenters. The van der Waals surface area contributed by atoms with E-state index in [0.29, 0.717) is 29.6 Å². The summed E-state index contributed by atoms with van der Waals surface area (Å²) in [5, 5.41) is 9.12. The number of fused-ring (bicyclic) bond motifs is 1. The molecule has 2 aromatic rings. The summed E-state index contributed by atoms with van der Waals surface area (Å²) in [6.45, 7) is 9.17. The first kappa shape index (κ1) is 33.4. The molecule has 3 amide bonds. The number of Topliss-reactive ketones (excluding diaryl/α,β-unsaturated/α-hetero) is 1. The molecule has 1 aromatic carbocycles. The predicted octanol–water partition coefficient (Wildman–Crippen LogP) is 2.89. The molecule has 2 heterocycles. The van der Waals surface area contributed by atoms with Crippen LogP contribution in [0.5, 0.6) is 5.75 Å². The first-order valence-corrected chi connectivity index (χ1v) is 14.2. The van der Waals surface area contributed by atoms with Crippen molar-refractivity contribution in [3.63, 3.8) is 0 Å². The summed E-state index contributed by atoms with van der Waals surface area (Å²) in [7, 11) is 2.62. The van der Waals surface area contributed by atoms with Crippen molar-refractivity contribution in [3.8, 4) is 5.75 Å². The maximum Gasteiger partial charge on any atom is 0.540 e. The Morgan fingerprint density at radius 3 is 2.40 bits per heavy atom. The van der Waals surface area contributed by atoms with E-state index in [1.807, 2.05) is 34.6 Å². The van der Waals surface area contributed by atoms with Crippen LogP contribution in [-0.2, 0) is 28.9 Å². The summed E-state index contributed by atoms with van der Waals surface area (Å²) in [6.07, 6.45) is -0.408. The Labute approximate surface area is 250 Å². The van der Waals surface area contributed by atoms with Crippen LogP contribution in [0.25, 0.3) is 10.9 Å². The molecule has 1 fully saturated rings. The topological polar surface area (TPSA) is 174 Å². The second kappa shape index (κ2) is 14.4. The van der Waals surface area contributed by atoms with Gasteiger partial charge in [0.15, 0.2) is 12.4 Å². The lowest BCUT2D eigenvalue weighted by Crippen LogP contribution is -2.58. The van der Waals surface area contributed by atoms with Crippen LogP contribution in [0.2, 0.25) is 0 Å². The number of aromatic amines is 1. The SMILES string of the molecule is COC(=O)OOCC(=O)[C@@H](NC(=O)[C@H](CC(C)C)NC(=O)c1cc2c(OC)cccc2[nH]1)C([C@@H]1CCNC1=O)C(C)(C)C. The van der Waals surface area contributed by atoms with Crippen molar-refractivity contribution >= 4 is 40.6 Å². The van der Waals surface area contributed by atoms with Gasteiger partial charge in [-0.25, -0.2) is 4.79 Å². The number of carbonyl (C=O) groups excluding carboxylic acids is 5. The van der Waals surface area contributed by atoms with Gasteiger partial charge in [-0.3, -0.25) is 24.1 Å². The smallest absolute Gasteiger partial charge is 0.496 e. The molecule has 1 aliphatic rings. The van der Waals surface area contributed by atoms with Crippen LogP contribution in [0, 0.1) is 23.2 Å². The number of rotatable bonds is 13. The van der Waals surface area contributed by atoms with Gasteiger partial charge in [0.05, 0.1) is 20.3 Å². The van der Waals surface area contributed by atoms with Crippen LogP contribution >= 0.6 is 0 Å². The van der Waals surface area contributed by atoms with Crippen LogP contribution in [-0.4, -0.2) is 74.1 Å². The van der Waals surface area contributed by atoms with Crippen LogP contribution in [0.1, 0.15) is 57.9 Å². The molecule has 0 spiro atoms. The molecule has 1 saturated heterocycles. The van der Waals surface area contributed by atoms with Gasteiger partial charge < -0.3 is 30.4 Å². The predicted molar refractivity (Wildman–Crippen MR) is 156 cm³/mol. The zero-order valence-electron chi connectivity index (χ0n) is 25.7. The van der Waals surface area contributed by atoms with Gasteiger partial charge in [0.25, 0.3) is 5.91 Å². The lowest BCUT2D eigenvalue weighted by molar-refractivity contribution is -0.249. The minimum Gasteiger partial charge on any atom is -0.496 e. The second-order valence-corrected chi connectivity index (χ2v) is 12.1. The third-order valence-corrected chi connectivity index (χ3v) is 7.44. The largest absolute Gasteiger partial charge is 0.540 e.